The second kappa shape index (κ2) is 10.1. The number of ether oxygens (including phenoxy) is 2. The minimum Gasteiger partial charge on any atom is -0.445 e. The van der Waals surface area contributed by atoms with Crippen LogP contribution < -0.4 is 10.5 Å². The number of carbonyl (C=O) groups excluding carboxylic acids is 2. The number of carbonyl (C=O) groups is 2. The number of alkyl halides is 3. The molecule has 0 bridgehead atoms. The molecule has 0 spiro atoms. The number of amides is 2. The van der Waals surface area contributed by atoms with Crippen LogP contribution in [0, 0.1) is 0 Å². The predicted octanol–water partition coefficient (Wildman–Crippen LogP) is 4.23. The molecule has 2 aromatic rings. The summed E-state index contributed by atoms with van der Waals surface area (Å²) in [7, 11) is 0. The first-order chi connectivity index (χ1) is 14.7. The van der Waals surface area contributed by atoms with Crippen LogP contribution in [0.1, 0.15) is 38.0 Å². The van der Waals surface area contributed by atoms with Gasteiger partial charge in [-0.15, -0.1) is 13.2 Å². The number of nitrogens with zero attached hydrogens (tertiary/aromatic N) is 2. The van der Waals surface area contributed by atoms with Crippen molar-refractivity contribution < 1.29 is 36.7 Å². The number of benzene rings is 1. The first-order valence-corrected chi connectivity index (χ1v) is 9.83. The smallest absolute Gasteiger partial charge is 0.445 e. The summed E-state index contributed by atoms with van der Waals surface area (Å²) in [6.07, 6.45) is -4.06. The van der Waals surface area contributed by atoms with E-state index in [1.54, 1.807) is 20.8 Å². The monoisotopic (exact) mass is 477 g/mol. The van der Waals surface area contributed by atoms with Gasteiger partial charge in [0.05, 0.1) is 17.6 Å². The molecular formula is C20H23ClF3N3O5. The molecule has 1 heterocycles. The van der Waals surface area contributed by atoms with Crippen LogP contribution in [0.25, 0.3) is 0 Å². The lowest BCUT2D eigenvalue weighted by Gasteiger charge is -2.27. The van der Waals surface area contributed by atoms with Crippen LogP contribution in [-0.4, -0.2) is 40.4 Å². The predicted molar refractivity (Wildman–Crippen MR) is 108 cm³/mol. The number of nitrogens with two attached hydrogens (primary N) is 1. The molecule has 176 valence electrons. The molecule has 12 heteroatoms. The highest BCUT2D eigenvalue weighted by molar-refractivity contribution is 6.32. The van der Waals surface area contributed by atoms with Gasteiger partial charge in [-0.05, 0) is 38.5 Å². The van der Waals surface area contributed by atoms with E-state index in [0.29, 0.717) is 11.3 Å². The van der Waals surface area contributed by atoms with Crippen molar-refractivity contribution in [2.75, 3.05) is 6.54 Å². The van der Waals surface area contributed by atoms with Crippen LogP contribution in [0.4, 0.5) is 18.0 Å². The Bertz CT molecular complexity index is 957. The highest BCUT2D eigenvalue weighted by Crippen LogP contribution is 2.31. The van der Waals surface area contributed by atoms with E-state index in [4.69, 9.17) is 26.5 Å². The van der Waals surface area contributed by atoms with Crippen molar-refractivity contribution in [2.45, 2.75) is 52.1 Å². The van der Waals surface area contributed by atoms with Crippen molar-refractivity contribution in [3.8, 4) is 5.75 Å². The van der Waals surface area contributed by atoms with Gasteiger partial charge in [-0.1, -0.05) is 17.7 Å². The Morgan fingerprint density at radius 2 is 1.94 bits per heavy atom. The maximum Gasteiger partial charge on any atom is 0.573 e. The van der Waals surface area contributed by atoms with Crippen molar-refractivity contribution in [3.63, 3.8) is 0 Å². The Hall–Kier alpha value is -2.95. The first kappa shape index (κ1) is 25.3. The Kier molecular flexibility index (Phi) is 8.00. The molecule has 8 nitrogen and oxygen atoms in total. The lowest BCUT2D eigenvalue weighted by Crippen LogP contribution is -2.37. The topological polar surface area (TPSA) is 108 Å². The number of hydrogen-bond acceptors (Lipinski definition) is 6. The second-order valence-electron chi connectivity index (χ2n) is 7.83. The SMILES string of the molecule is CC(C)(C)OC(=O)N(CCc1ncc(CC(N)=O)o1)Cc1ccc(OC(F)(F)F)c(Cl)c1. The normalized spacial score (nSPS) is 11.8. The third-order valence-electron chi connectivity index (χ3n) is 3.79. The molecule has 0 atom stereocenters. The molecule has 1 aromatic heterocycles. The second-order valence-corrected chi connectivity index (χ2v) is 8.24. The summed E-state index contributed by atoms with van der Waals surface area (Å²) in [6, 6.07) is 3.71. The highest BCUT2D eigenvalue weighted by Gasteiger charge is 2.32. The minimum absolute atomic E-state index is 0.00418. The van der Waals surface area contributed by atoms with Gasteiger partial charge in [0.15, 0.2) is 5.89 Å². The van der Waals surface area contributed by atoms with Crippen molar-refractivity contribution in [2.24, 2.45) is 5.73 Å². The Labute approximate surface area is 187 Å². The van der Waals surface area contributed by atoms with Gasteiger partial charge >= 0.3 is 12.5 Å². The summed E-state index contributed by atoms with van der Waals surface area (Å²) in [5.74, 6) is -0.545. The average Bonchev–Trinajstić information content (AvgIpc) is 3.04. The average molecular weight is 478 g/mol. The van der Waals surface area contributed by atoms with Gasteiger partial charge in [-0.2, -0.15) is 0 Å². The van der Waals surface area contributed by atoms with Gasteiger partial charge in [0, 0.05) is 19.5 Å². The third-order valence-corrected chi connectivity index (χ3v) is 4.09. The van der Waals surface area contributed by atoms with E-state index < -0.39 is 29.7 Å². The number of primary amides is 1. The van der Waals surface area contributed by atoms with Gasteiger partial charge in [0.1, 0.15) is 17.1 Å². The van der Waals surface area contributed by atoms with Crippen LogP contribution in [0.3, 0.4) is 0 Å². The van der Waals surface area contributed by atoms with E-state index in [2.05, 4.69) is 9.72 Å². The minimum atomic E-state index is -4.88. The summed E-state index contributed by atoms with van der Waals surface area (Å²) in [6.45, 7) is 5.22. The van der Waals surface area contributed by atoms with E-state index in [0.717, 1.165) is 6.07 Å². The molecule has 32 heavy (non-hydrogen) atoms. The van der Waals surface area contributed by atoms with E-state index in [-0.39, 0.29) is 36.8 Å². The molecule has 0 aliphatic heterocycles. The quantitative estimate of drug-likeness (QED) is 0.609. The highest BCUT2D eigenvalue weighted by atomic mass is 35.5. The molecule has 2 amide bonds. The lowest BCUT2D eigenvalue weighted by atomic mass is 10.2. The molecule has 2 rings (SSSR count). The Morgan fingerprint density at radius 1 is 1.25 bits per heavy atom. The summed E-state index contributed by atoms with van der Waals surface area (Å²) >= 11 is 5.90. The fourth-order valence-electron chi connectivity index (χ4n) is 2.58. The van der Waals surface area contributed by atoms with Crippen LogP contribution >= 0.6 is 11.6 Å². The molecule has 0 aliphatic carbocycles. The van der Waals surface area contributed by atoms with E-state index >= 15 is 0 Å². The van der Waals surface area contributed by atoms with Crippen LogP contribution in [-0.2, 0) is 28.9 Å². The number of halogens is 4. The largest absolute Gasteiger partial charge is 0.573 e. The van der Waals surface area contributed by atoms with Crippen molar-refractivity contribution in [3.05, 3.63) is 46.6 Å². The molecule has 0 aliphatic rings. The maximum atomic E-state index is 12.7. The number of hydrogen-bond donors (Lipinski definition) is 1. The van der Waals surface area contributed by atoms with Gasteiger partial charge in [0.2, 0.25) is 5.91 Å². The standard InChI is InChI=1S/C20H23ClF3N3O5/c1-19(2,3)32-18(29)27(7-6-17-26-10-13(30-17)9-16(25)28)11-12-4-5-15(14(21)8-12)31-20(22,23)24/h4-5,8,10H,6-7,9,11H2,1-3H3,(H2,25,28). The number of rotatable bonds is 8. The number of oxazole rings is 1. The molecule has 0 radical (unpaired) electrons. The fraction of sp³-hybridized carbons (Fsp3) is 0.450. The molecule has 0 saturated carbocycles. The van der Waals surface area contributed by atoms with E-state index in [9.17, 15) is 22.8 Å². The fourth-order valence-corrected chi connectivity index (χ4v) is 2.82. The lowest BCUT2D eigenvalue weighted by molar-refractivity contribution is -0.274. The molecule has 0 fully saturated rings. The van der Waals surface area contributed by atoms with Gasteiger partial charge < -0.3 is 24.5 Å². The molecular weight excluding hydrogens is 455 g/mol. The molecule has 0 unspecified atom stereocenters. The zero-order chi connectivity index (χ0) is 24.1. The first-order valence-electron chi connectivity index (χ1n) is 9.46. The molecule has 0 saturated heterocycles. The molecule has 1 aromatic carbocycles. The van der Waals surface area contributed by atoms with Gasteiger partial charge in [-0.3, -0.25) is 4.79 Å². The van der Waals surface area contributed by atoms with Crippen molar-refractivity contribution >= 4 is 23.6 Å². The summed E-state index contributed by atoms with van der Waals surface area (Å²) < 4.78 is 52.0. The zero-order valence-corrected chi connectivity index (χ0v) is 18.4. The summed E-state index contributed by atoms with van der Waals surface area (Å²) in [5, 5.41) is -0.257. The summed E-state index contributed by atoms with van der Waals surface area (Å²) in [5.41, 5.74) is 4.81. The van der Waals surface area contributed by atoms with Gasteiger partial charge in [0.25, 0.3) is 0 Å². The summed E-state index contributed by atoms with van der Waals surface area (Å²) in [4.78, 5) is 29.0. The van der Waals surface area contributed by atoms with E-state index in [1.165, 1.54) is 23.2 Å². The third kappa shape index (κ3) is 8.66. The van der Waals surface area contributed by atoms with Crippen LogP contribution in [0.15, 0.2) is 28.8 Å². The van der Waals surface area contributed by atoms with Crippen LogP contribution in [0.2, 0.25) is 5.02 Å². The van der Waals surface area contributed by atoms with Crippen molar-refractivity contribution in [1.82, 2.24) is 9.88 Å². The molecule has 2 N–H and O–H groups in total. The van der Waals surface area contributed by atoms with Crippen molar-refractivity contribution in [1.29, 1.82) is 0 Å². The zero-order valence-electron chi connectivity index (χ0n) is 17.7. The Morgan fingerprint density at radius 3 is 2.50 bits per heavy atom. The maximum absolute atomic E-state index is 12.7. The number of aromatic nitrogens is 1. The van der Waals surface area contributed by atoms with E-state index in [1.807, 2.05) is 0 Å². The van der Waals surface area contributed by atoms with Gasteiger partial charge in [-0.25, -0.2) is 9.78 Å². The Balaban J connectivity index is 2.14. The van der Waals surface area contributed by atoms with Crippen LogP contribution in [0.5, 0.6) is 5.75 Å².